The molecule has 1 fully saturated rings. The van der Waals surface area contributed by atoms with E-state index in [0.717, 1.165) is 32.6 Å². The number of hydrogen-bond acceptors (Lipinski definition) is 2. The van der Waals surface area contributed by atoms with Crippen LogP contribution in [0.3, 0.4) is 0 Å². The molecule has 3 heteroatoms. The van der Waals surface area contributed by atoms with E-state index in [-0.39, 0.29) is 6.61 Å². The number of rotatable bonds is 2. The topological polar surface area (TPSA) is 35.3 Å². The number of aliphatic hydroxyl groups excluding tert-OH is 1. The molecule has 0 spiro atoms. The summed E-state index contributed by atoms with van der Waals surface area (Å²) in [5.41, 5.74) is 0. The van der Waals surface area contributed by atoms with Gasteiger partial charge in [0.15, 0.2) is 13.1 Å². The van der Waals surface area contributed by atoms with Gasteiger partial charge in [-0.2, -0.15) is 0 Å². The summed E-state index contributed by atoms with van der Waals surface area (Å²) in [5.74, 6) is 0. The molecule has 0 radical (unpaired) electrons. The number of piperazine rings is 1. The van der Waals surface area contributed by atoms with Crippen molar-refractivity contribution in [3.05, 3.63) is 0 Å². The second-order valence-corrected chi connectivity index (χ2v) is 2.48. The molecule has 0 atom stereocenters. The quantitative estimate of drug-likeness (QED) is 0.489. The Labute approximate surface area is 61.4 Å². The minimum Gasteiger partial charge on any atom is -0.396 e. The van der Waals surface area contributed by atoms with Crippen LogP contribution in [0.1, 0.15) is 6.42 Å². The van der Waals surface area contributed by atoms with Crippen LogP contribution < -0.4 is 5.32 Å². The summed E-state index contributed by atoms with van der Waals surface area (Å²) in [6, 6.07) is 0. The summed E-state index contributed by atoms with van der Waals surface area (Å²) < 4.78 is 2.26. The summed E-state index contributed by atoms with van der Waals surface area (Å²) in [7, 11) is 0. The largest absolute Gasteiger partial charge is 0.396 e. The number of aliphatic hydroxyl groups is 1. The first-order chi connectivity index (χ1) is 4.93. The van der Waals surface area contributed by atoms with Crippen molar-refractivity contribution in [2.45, 2.75) is 6.42 Å². The molecule has 1 saturated heterocycles. The van der Waals surface area contributed by atoms with Crippen LogP contribution in [-0.4, -0.2) is 48.7 Å². The van der Waals surface area contributed by atoms with Crippen LogP contribution in [0.4, 0.5) is 0 Å². The van der Waals surface area contributed by atoms with Gasteiger partial charge in [0, 0.05) is 6.42 Å². The standard InChI is InChI=1S/C7H15N2O/c10-7-1-4-9-5-2-8-3-6-9/h4,8,10H,1-3,5-7H2/q+1. The fourth-order valence-electron chi connectivity index (χ4n) is 1.11. The van der Waals surface area contributed by atoms with Gasteiger partial charge < -0.3 is 10.4 Å². The van der Waals surface area contributed by atoms with Gasteiger partial charge in [-0.25, -0.2) is 4.58 Å². The molecule has 0 bridgehead atoms. The molecule has 0 aromatic heterocycles. The first-order valence-electron chi connectivity index (χ1n) is 3.82. The molecule has 10 heavy (non-hydrogen) atoms. The van der Waals surface area contributed by atoms with E-state index in [0.29, 0.717) is 0 Å². The van der Waals surface area contributed by atoms with Crippen LogP contribution in [0.15, 0.2) is 0 Å². The van der Waals surface area contributed by atoms with E-state index >= 15 is 0 Å². The van der Waals surface area contributed by atoms with Crippen molar-refractivity contribution < 1.29 is 9.68 Å². The van der Waals surface area contributed by atoms with E-state index in [1.807, 2.05) is 0 Å². The van der Waals surface area contributed by atoms with E-state index in [2.05, 4.69) is 16.1 Å². The lowest BCUT2D eigenvalue weighted by Crippen LogP contribution is -2.38. The van der Waals surface area contributed by atoms with E-state index < -0.39 is 0 Å². The zero-order valence-electron chi connectivity index (χ0n) is 6.21. The van der Waals surface area contributed by atoms with E-state index in [4.69, 9.17) is 5.11 Å². The molecule has 1 aliphatic heterocycles. The predicted octanol–water partition coefficient (Wildman–Crippen LogP) is -0.945. The van der Waals surface area contributed by atoms with Gasteiger partial charge in [0.2, 0.25) is 0 Å². The van der Waals surface area contributed by atoms with Gasteiger partial charge in [0.25, 0.3) is 0 Å². The second-order valence-electron chi connectivity index (χ2n) is 2.48. The number of hydrogen-bond donors (Lipinski definition) is 2. The van der Waals surface area contributed by atoms with Crippen molar-refractivity contribution >= 4 is 6.21 Å². The molecule has 0 amide bonds. The van der Waals surface area contributed by atoms with Gasteiger partial charge in [-0.3, -0.25) is 0 Å². The third kappa shape index (κ3) is 2.45. The first-order valence-corrected chi connectivity index (χ1v) is 3.82. The average Bonchev–Trinajstić information content (AvgIpc) is 2.03. The highest BCUT2D eigenvalue weighted by Crippen LogP contribution is 1.81. The van der Waals surface area contributed by atoms with Gasteiger partial charge in [-0.1, -0.05) is 0 Å². The fraction of sp³-hybridized carbons (Fsp3) is 0.857. The molecule has 0 aromatic rings. The fourth-order valence-corrected chi connectivity index (χ4v) is 1.11. The highest BCUT2D eigenvalue weighted by Gasteiger charge is 2.07. The molecule has 2 N–H and O–H groups in total. The molecule has 58 valence electrons. The summed E-state index contributed by atoms with van der Waals surface area (Å²) in [5, 5.41) is 11.8. The van der Waals surface area contributed by atoms with Crippen LogP contribution in [-0.2, 0) is 0 Å². The van der Waals surface area contributed by atoms with E-state index in [1.54, 1.807) is 0 Å². The maximum atomic E-state index is 8.52. The van der Waals surface area contributed by atoms with Gasteiger partial charge >= 0.3 is 0 Å². The Morgan fingerprint density at radius 1 is 1.40 bits per heavy atom. The highest BCUT2D eigenvalue weighted by molar-refractivity contribution is 5.51. The first kappa shape index (κ1) is 7.69. The second kappa shape index (κ2) is 4.41. The molecule has 0 saturated carbocycles. The Morgan fingerprint density at radius 3 is 2.70 bits per heavy atom. The summed E-state index contributed by atoms with van der Waals surface area (Å²) >= 11 is 0. The van der Waals surface area contributed by atoms with E-state index in [9.17, 15) is 0 Å². The van der Waals surface area contributed by atoms with Crippen molar-refractivity contribution in [1.82, 2.24) is 5.32 Å². The molecular weight excluding hydrogens is 128 g/mol. The van der Waals surface area contributed by atoms with E-state index in [1.165, 1.54) is 0 Å². The maximum Gasteiger partial charge on any atom is 0.154 e. The Kier molecular flexibility index (Phi) is 3.40. The monoisotopic (exact) mass is 143 g/mol. The minimum atomic E-state index is 0.268. The van der Waals surface area contributed by atoms with Gasteiger partial charge in [0.1, 0.15) is 6.21 Å². The van der Waals surface area contributed by atoms with Crippen molar-refractivity contribution in [3.63, 3.8) is 0 Å². The Bertz CT molecular complexity index is 115. The maximum absolute atomic E-state index is 8.52. The zero-order valence-corrected chi connectivity index (χ0v) is 6.21. The van der Waals surface area contributed by atoms with Crippen LogP contribution in [0.2, 0.25) is 0 Å². The van der Waals surface area contributed by atoms with Crippen molar-refractivity contribution in [3.8, 4) is 0 Å². The van der Waals surface area contributed by atoms with Gasteiger partial charge in [0.05, 0.1) is 19.7 Å². The molecule has 0 aliphatic carbocycles. The highest BCUT2D eigenvalue weighted by atomic mass is 16.2. The van der Waals surface area contributed by atoms with Crippen molar-refractivity contribution in [2.24, 2.45) is 0 Å². The van der Waals surface area contributed by atoms with Crippen LogP contribution >= 0.6 is 0 Å². The zero-order chi connectivity index (χ0) is 7.23. The van der Waals surface area contributed by atoms with Crippen LogP contribution in [0, 0.1) is 0 Å². The van der Waals surface area contributed by atoms with Crippen LogP contribution in [0.25, 0.3) is 0 Å². The van der Waals surface area contributed by atoms with Gasteiger partial charge in [-0.05, 0) is 0 Å². The summed E-state index contributed by atoms with van der Waals surface area (Å²) in [6.45, 7) is 4.58. The summed E-state index contributed by atoms with van der Waals surface area (Å²) in [6.07, 6.45) is 2.88. The molecule has 1 rings (SSSR count). The molecule has 3 nitrogen and oxygen atoms in total. The normalized spacial score (nSPS) is 19.1. The molecule has 0 aromatic carbocycles. The summed E-state index contributed by atoms with van der Waals surface area (Å²) in [4.78, 5) is 0. The Morgan fingerprint density at radius 2 is 2.10 bits per heavy atom. The van der Waals surface area contributed by atoms with Gasteiger partial charge in [-0.15, -0.1) is 0 Å². The van der Waals surface area contributed by atoms with Crippen LogP contribution in [0.5, 0.6) is 0 Å². The third-order valence-corrected chi connectivity index (χ3v) is 1.67. The lowest BCUT2D eigenvalue weighted by molar-refractivity contribution is -0.528. The smallest absolute Gasteiger partial charge is 0.154 e. The Hall–Kier alpha value is -0.410. The van der Waals surface area contributed by atoms with Crippen molar-refractivity contribution in [1.29, 1.82) is 0 Å². The van der Waals surface area contributed by atoms with Crippen molar-refractivity contribution in [2.75, 3.05) is 32.8 Å². The minimum absolute atomic E-state index is 0.268. The predicted molar refractivity (Wildman–Crippen MR) is 40.6 cm³/mol. The SMILES string of the molecule is OCCC=[N+]1CCNCC1. The number of nitrogens with zero attached hydrogens (tertiary/aromatic N) is 1. The molecule has 1 heterocycles. The Balaban J connectivity index is 2.23. The lowest BCUT2D eigenvalue weighted by Gasteiger charge is -2.10. The average molecular weight is 143 g/mol. The molecule has 0 unspecified atom stereocenters. The molecular formula is C7H15N2O+. The lowest BCUT2D eigenvalue weighted by atomic mass is 10.4. The number of nitrogens with one attached hydrogen (secondary N) is 1. The third-order valence-electron chi connectivity index (χ3n) is 1.67. The molecule has 1 aliphatic rings.